The number of hydrogen-bond donors (Lipinski definition) is 4. The van der Waals surface area contributed by atoms with Crippen molar-refractivity contribution in [3.8, 4) is 0 Å². The summed E-state index contributed by atoms with van der Waals surface area (Å²) in [6.07, 6.45) is 30.4. The Hall–Kier alpha value is -1.82. The van der Waals surface area contributed by atoms with Gasteiger partial charge in [-0.1, -0.05) is 154 Å². The van der Waals surface area contributed by atoms with E-state index in [-0.39, 0.29) is 32.0 Å². The second-order valence-corrected chi connectivity index (χ2v) is 15.2. The lowest BCUT2D eigenvalue weighted by molar-refractivity contribution is -0.305. The first-order chi connectivity index (χ1) is 26.3. The molecule has 6 unspecified atom stereocenters. The Kier molecular flexibility index (Phi) is 33.1. The van der Waals surface area contributed by atoms with Crippen molar-refractivity contribution in [3.05, 3.63) is 24.3 Å². The molecule has 6 atom stereocenters. The van der Waals surface area contributed by atoms with E-state index in [0.29, 0.717) is 6.42 Å². The maximum atomic E-state index is 12.7. The molecule has 4 N–H and O–H groups in total. The van der Waals surface area contributed by atoms with Crippen molar-refractivity contribution in [1.29, 1.82) is 0 Å². The van der Waals surface area contributed by atoms with E-state index < -0.39 is 49.4 Å². The molecule has 1 aliphatic rings. The fourth-order valence-corrected chi connectivity index (χ4v) is 6.57. The molecule has 1 saturated heterocycles. The fraction of sp³-hybridized carbons (Fsp3) is 0.864. The zero-order valence-corrected chi connectivity index (χ0v) is 34.2. The molecule has 0 aromatic rings. The fourth-order valence-electron chi connectivity index (χ4n) is 6.57. The number of aliphatic hydroxyl groups is 4. The van der Waals surface area contributed by atoms with E-state index in [1.807, 2.05) is 0 Å². The van der Waals surface area contributed by atoms with Crippen molar-refractivity contribution in [2.75, 3.05) is 19.8 Å². The summed E-state index contributed by atoms with van der Waals surface area (Å²) in [6, 6.07) is 0. The summed E-state index contributed by atoms with van der Waals surface area (Å²) in [7, 11) is 0. The van der Waals surface area contributed by atoms with E-state index in [1.54, 1.807) is 0 Å². The van der Waals surface area contributed by atoms with Crippen LogP contribution in [-0.4, -0.2) is 89.0 Å². The van der Waals surface area contributed by atoms with E-state index in [2.05, 4.69) is 38.2 Å². The first-order valence-corrected chi connectivity index (χ1v) is 21.9. The van der Waals surface area contributed by atoms with Crippen molar-refractivity contribution in [2.45, 2.75) is 224 Å². The smallest absolute Gasteiger partial charge is 0.306 e. The number of rotatable bonds is 36. The standard InChI is InChI=1S/C44H80O10/c1-3-5-7-9-11-13-15-16-17-18-19-20-21-23-25-27-29-31-33-40(47)53-37(36-52-44-43(50)42(49)41(48)38(34-45)54-44)35-51-39(46)32-30-28-26-24-22-14-12-10-8-6-4-2/h13,15,17-18,37-38,41-45,48-50H,3-12,14,16,19-36H2,1-2H3/b15-13-,18-17-. The largest absolute Gasteiger partial charge is 0.462 e. The molecule has 1 fully saturated rings. The Bertz CT molecular complexity index is 938. The summed E-state index contributed by atoms with van der Waals surface area (Å²) >= 11 is 0. The van der Waals surface area contributed by atoms with Crippen LogP contribution in [0.3, 0.4) is 0 Å². The van der Waals surface area contributed by atoms with Gasteiger partial charge in [0, 0.05) is 12.8 Å². The third-order valence-electron chi connectivity index (χ3n) is 10.1. The SMILES string of the molecule is CCCCCC/C=C\C/C=C\CCCCCCCCCC(=O)OC(COC(=O)CCCCCCCCCCCCC)COC1OC(CO)C(O)C(O)C1O. The summed E-state index contributed by atoms with van der Waals surface area (Å²) < 4.78 is 22.1. The van der Waals surface area contributed by atoms with E-state index >= 15 is 0 Å². The van der Waals surface area contributed by atoms with Crippen LogP contribution in [0.2, 0.25) is 0 Å². The maximum Gasteiger partial charge on any atom is 0.306 e. The normalized spacial score (nSPS) is 20.9. The molecule has 1 aliphatic heterocycles. The lowest BCUT2D eigenvalue weighted by Crippen LogP contribution is -2.59. The van der Waals surface area contributed by atoms with Crippen LogP contribution in [0.4, 0.5) is 0 Å². The molecule has 10 heteroatoms. The number of hydrogen-bond acceptors (Lipinski definition) is 10. The average molecular weight is 769 g/mol. The second-order valence-electron chi connectivity index (χ2n) is 15.2. The van der Waals surface area contributed by atoms with Gasteiger partial charge in [-0.15, -0.1) is 0 Å². The van der Waals surface area contributed by atoms with Crippen LogP contribution in [0, 0.1) is 0 Å². The highest BCUT2D eigenvalue weighted by Crippen LogP contribution is 2.22. The Morgan fingerprint density at radius 3 is 1.56 bits per heavy atom. The molecule has 0 aliphatic carbocycles. The lowest BCUT2D eigenvalue weighted by Gasteiger charge is -2.39. The zero-order valence-electron chi connectivity index (χ0n) is 34.2. The van der Waals surface area contributed by atoms with Gasteiger partial charge in [0.1, 0.15) is 31.0 Å². The molecular formula is C44H80O10. The third-order valence-corrected chi connectivity index (χ3v) is 10.1. The van der Waals surface area contributed by atoms with Crippen molar-refractivity contribution >= 4 is 11.9 Å². The Morgan fingerprint density at radius 2 is 1.04 bits per heavy atom. The van der Waals surface area contributed by atoms with Crippen molar-refractivity contribution in [1.82, 2.24) is 0 Å². The maximum absolute atomic E-state index is 12.7. The Labute approximate surface area is 328 Å². The molecule has 0 radical (unpaired) electrons. The van der Waals surface area contributed by atoms with Crippen LogP contribution in [-0.2, 0) is 28.5 Å². The molecule has 10 nitrogen and oxygen atoms in total. The number of allylic oxidation sites excluding steroid dienone is 4. The van der Waals surface area contributed by atoms with Gasteiger partial charge in [-0.25, -0.2) is 0 Å². The molecule has 0 amide bonds. The predicted molar refractivity (Wildman–Crippen MR) is 215 cm³/mol. The molecule has 0 bridgehead atoms. The van der Waals surface area contributed by atoms with Crippen LogP contribution < -0.4 is 0 Å². The van der Waals surface area contributed by atoms with Crippen LogP contribution in [0.5, 0.6) is 0 Å². The minimum atomic E-state index is -1.59. The van der Waals surface area contributed by atoms with Crippen molar-refractivity contribution in [2.24, 2.45) is 0 Å². The highest BCUT2D eigenvalue weighted by Gasteiger charge is 2.44. The first kappa shape index (κ1) is 50.2. The van der Waals surface area contributed by atoms with Crippen LogP contribution in [0.15, 0.2) is 24.3 Å². The zero-order chi connectivity index (χ0) is 39.5. The van der Waals surface area contributed by atoms with Gasteiger partial charge < -0.3 is 39.4 Å². The second kappa shape index (κ2) is 35.6. The van der Waals surface area contributed by atoms with Crippen molar-refractivity contribution < 1.29 is 49.0 Å². The molecule has 1 heterocycles. The van der Waals surface area contributed by atoms with Gasteiger partial charge in [0.2, 0.25) is 0 Å². The number of carbonyl (C=O) groups is 2. The molecule has 1 rings (SSSR count). The summed E-state index contributed by atoms with van der Waals surface area (Å²) in [5.41, 5.74) is 0. The minimum Gasteiger partial charge on any atom is -0.462 e. The molecule has 0 spiro atoms. The van der Waals surface area contributed by atoms with Crippen molar-refractivity contribution in [3.63, 3.8) is 0 Å². The molecule has 316 valence electrons. The highest BCUT2D eigenvalue weighted by molar-refractivity contribution is 5.70. The van der Waals surface area contributed by atoms with Gasteiger partial charge in [-0.2, -0.15) is 0 Å². The first-order valence-electron chi connectivity index (χ1n) is 21.9. The van der Waals surface area contributed by atoms with E-state index in [0.717, 1.165) is 51.4 Å². The Balaban J connectivity index is 2.33. The summed E-state index contributed by atoms with van der Waals surface area (Å²) in [6.45, 7) is 3.39. The van der Waals surface area contributed by atoms with Gasteiger partial charge >= 0.3 is 11.9 Å². The predicted octanol–water partition coefficient (Wildman–Crippen LogP) is 8.94. The quantitative estimate of drug-likeness (QED) is 0.0276. The molecular weight excluding hydrogens is 688 g/mol. The number of aliphatic hydroxyl groups excluding tert-OH is 4. The monoisotopic (exact) mass is 769 g/mol. The third kappa shape index (κ3) is 26.9. The summed E-state index contributed by atoms with van der Waals surface area (Å²) in [5, 5.41) is 40.0. The van der Waals surface area contributed by atoms with Gasteiger partial charge in [0.05, 0.1) is 13.2 Å². The van der Waals surface area contributed by atoms with Crippen LogP contribution in [0.25, 0.3) is 0 Å². The van der Waals surface area contributed by atoms with E-state index in [1.165, 1.54) is 103 Å². The highest BCUT2D eigenvalue weighted by atomic mass is 16.7. The average Bonchev–Trinajstić information content (AvgIpc) is 3.17. The van der Waals surface area contributed by atoms with Gasteiger partial charge in [-0.3, -0.25) is 9.59 Å². The number of carbonyl (C=O) groups excluding carboxylic acids is 2. The molecule has 0 saturated carbocycles. The molecule has 0 aromatic heterocycles. The van der Waals surface area contributed by atoms with Gasteiger partial charge in [0.15, 0.2) is 12.4 Å². The van der Waals surface area contributed by atoms with Crippen LogP contribution in [0.1, 0.15) is 187 Å². The molecule has 0 aromatic carbocycles. The number of unbranched alkanes of at least 4 members (excludes halogenated alkanes) is 21. The minimum absolute atomic E-state index is 0.217. The summed E-state index contributed by atoms with van der Waals surface area (Å²) in [4.78, 5) is 25.3. The van der Waals surface area contributed by atoms with Crippen LogP contribution >= 0.6 is 0 Å². The van der Waals surface area contributed by atoms with E-state index in [9.17, 15) is 30.0 Å². The lowest BCUT2D eigenvalue weighted by atomic mass is 9.99. The number of esters is 2. The topological polar surface area (TPSA) is 152 Å². The molecule has 54 heavy (non-hydrogen) atoms. The van der Waals surface area contributed by atoms with Gasteiger partial charge in [0.25, 0.3) is 0 Å². The Morgan fingerprint density at radius 1 is 0.574 bits per heavy atom. The summed E-state index contributed by atoms with van der Waals surface area (Å²) in [5.74, 6) is -0.812. The van der Waals surface area contributed by atoms with E-state index in [4.69, 9.17) is 18.9 Å². The van der Waals surface area contributed by atoms with Gasteiger partial charge in [-0.05, 0) is 44.9 Å². The number of ether oxygens (including phenoxy) is 4.